The Morgan fingerprint density at radius 2 is 1.88 bits per heavy atom. The number of aromatic nitrogens is 2. The molecule has 0 unspecified atom stereocenters. The molecule has 124 valence electrons. The SMILES string of the molecule is O=C(Cc1c[nH]c2ccccc12)OCc1coc(-c2ccccc2)n1. The van der Waals surface area contributed by atoms with Crippen molar-refractivity contribution in [3.63, 3.8) is 0 Å². The molecule has 0 aliphatic rings. The fourth-order valence-corrected chi connectivity index (χ4v) is 2.73. The van der Waals surface area contributed by atoms with Crippen molar-refractivity contribution in [1.82, 2.24) is 9.97 Å². The first-order valence-electron chi connectivity index (χ1n) is 8.00. The Balaban J connectivity index is 1.38. The van der Waals surface area contributed by atoms with Crippen LogP contribution in [0.5, 0.6) is 0 Å². The molecule has 0 spiro atoms. The van der Waals surface area contributed by atoms with Crippen LogP contribution in [-0.2, 0) is 22.6 Å². The number of oxazole rings is 1. The summed E-state index contributed by atoms with van der Waals surface area (Å²) in [6, 6.07) is 17.5. The molecule has 0 radical (unpaired) electrons. The largest absolute Gasteiger partial charge is 0.459 e. The van der Waals surface area contributed by atoms with Gasteiger partial charge >= 0.3 is 5.97 Å². The molecule has 25 heavy (non-hydrogen) atoms. The van der Waals surface area contributed by atoms with E-state index in [-0.39, 0.29) is 19.0 Å². The number of carbonyl (C=O) groups excluding carboxylic acids is 1. The van der Waals surface area contributed by atoms with Gasteiger partial charge in [-0.3, -0.25) is 4.79 Å². The van der Waals surface area contributed by atoms with Crippen LogP contribution in [0.4, 0.5) is 0 Å². The second-order valence-electron chi connectivity index (χ2n) is 5.71. The molecule has 0 bridgehead atoms. The minimum absolute atomic E-state index is 0.0948. The Hall–Kier alpha value is -3.34. The lowest BCUT2D eigenvalue weighted by Crippen LogP contribution is -2.07. The lowest BCUT2D eigenvalue weighted by atomic mass is 10.1. The predicted octanol–water partition coefficient (Wildman–Crippen LogP) is 4.11. The molecule has 1 N–H and O–H groups in total. The Labute approximate surface area is 144 Å². The van der Waals surface area contributed by atoms with E-state index in [1.807, 2.05) is 60.8 Å². The molecule has 0 atom stereocenters. The zero-order chi connectivity index (χ0) is 17.1. The van der Waals surface area contributed by atoms with Crippen molar-refractivity contribution in [3.05, 3.63) is 78.3 Å². The highest BCUT2D eigenvalue weighted by atomic mass is 16.5. The molecule has 0 aliphatic carbocycles. The number of nitrogens with one attached hydrogen (secondary N) is 1. The van der Waals surface area contributed by atoms with Crippen molar-refractivity contribution in [1.29, 1.82) is 0 Å². The van der Waals surface area contributed by atoms with Gasteiger partial charge < -0.3 is 14.1 Å². The second-order valence-corrected chi connectivity index (χ2v) is 5.71. The second kappa shape index (κ2) is 6.65. The van der Waals surface area contributed by atoms with Crippen LogP contribution >= 0.6 is 0 Å². The number of benzene rings is 2. The third-order valence-corrected chi connectivity index (χ3v) is 3.96. The summed E-state index contributed by atoms with van der Waals surface area (Å²) in [4.78, 5) is 19.6. The van der Waals surface area contributed by atoms with Crippen molar-refractivity contribution in [2.24, 2.45) is 0 Å². The minimum Gasteiger partial charge on any atom is -0.459 e. The Bertz CT molecular complexity index is 1000. The van der Waals surface area contributed by atoms with Crippen LogP contribution in [0.3, 0.4) is 0 Å². The average molecular weight is 332 g/mol. The first kappa shape index (κ1) is 15.2. The predicted molar refractivity (Wildman–Crippen MR) is 93.7 cm³/mol. The molecule has 2 heterocycles. The lowest BCUT2D eigenvalue weighted by molar-refractivity contribution is -0.144. The van der Waals surface area contributed by atoms with E-state index in [9.17, 15) is 4.79 Å². The third-order valence-electron chi connectivity index (χ3n) is 3.96. The molecule has 5 nitrogen and oxygen atoms in total. The first-order valence-corrected chi connectivity index (χ1v) is 8.00. The number of aromatic amines is 1. The molecular weight excluding hydrogens is 316 g/mol. The number of esters is 1. The van der Waals surface area contributed by atoms with Gasteiger partial charge in [0.15, 0.2) is 0 Å². The summed E-state index contributed by atoms with van der Waals surface area (Å²) in [7, 11) is 0. The highest BCUT2D eigenvalue weighted by Crippen LogP contribution is 2.20. The van der Waals surface area contributed by atoms with Gasteiger partial charge in [-0.05, 0) is 23.8 Å². The fourth-order valence-electron chi connectivity index (χ4n) is 2.73. The Kier molecular flexibility index (Phi) is 4.04. The lowest BCUT2D eigenvalue weighted by Gasteiger charge is -2.02. The number of ether oxygens (including phenoxy) is 1. The Morgan fingerprint density at radius 3 is 2.76 bits per heavy atom. The molecule has 2 aromatic heterocycles. The number of hydrogen-bond acceptors (Lipinski definition) is 4. The summed E-state index contributed by atoms with van der Waals surface area (Å²) in [5, 5.41) is 1.03. The van der Waals surface area contributed by atoms with Crippen LogP contribution < -0.4 is 0 Å². The van der Waals surface area contributed by atoms with Crippen LogP contribution in [0.25, 0.3) is 22.4 Å². The van der Waals surface area contributed by atoms with Crippen LogP contribution in [0.1, 0.15) is 11.3 Å². The summed E-state index contributed by atoms with van der Waals surface area (Å²) in [6.45, 7) is 0.0948. The molecule has 4 rings (SSSR count). The molecule has 0 aliphatic heterocycles. The van der Waals surface area contributed by atoms with Gasteiger partial charge in [-0.1, -0.05) is 36.4 Å². The topological polar surface area (TPSA) is 68.1 Å². The maximum absolute atomic E-state index is 12.1. The van der Waals surface area contributed by atoms with E-state index in [2.05, 4.69) is 9.97 Å². The monoisotopic (exact) mass is 332 g/mol. The number of carbonyl (C=O) groups is 1. The molecule has 4 aromatic rings. The van der Waals surface area contributed by atoms with Gasteiger partial charge in [-0.15, -0.1) is 0 Å². The zero-order valence-corrected chi connectivity index (χ0v) is 13.4. The Morgan fingerprint density at radius 1 is 1.08 bits per heavy atom. The number of H-pyrrole nitrogens is 1. The van der Waals surface area contributed by atoms with Gasteiger partial charge in [0.05, 0.1) is 6.42 Å². The summed E-state index contributed by atoms with van der Waals surface area (Å²) in [5.74, 6) is 0.220. The first-order chi connectivity index (χ1) is 12.3. The third kappa shape index (κ3) is 3.30. The van der Waals surface area contributed by atoms with Crippen LogP contribution in [0.15, 0.2) is 71.5 Å². The number of nitrogens with zero attached hydrogens (tertiary/aromatic N) is 1. The number of para-hydroxylation sites is 1. The fraction of sp³-hybridized carbons (Fsp3) is 0.100. The van der Waals surface area contributed by atoms with Crippen molar-refractivity contribution < 1.29 is 13.9 Å². The normalized spacial score (nSPS) is 10.9. The molecule has 0 saturated heterocycles. The highest BCUT2D eigenvalue weighted by molar-refractivity contribution is 5.87. The van der Waals surface area contributed by atoms with E-state index in [1.165, 1.54) is 6.26 Å². The van der Waals surface area contributed by atoms with Crippen molar-refractivity contribution >= 4 is 16.9 Å². The van der Waals surface area contributed by atoms with Gasteiger partial charge in [0.25, 0.3) is 0 Å². The van der Waals surface area contributed by atoms with E-state index in [4.69, 9.17) is 9.15 Å². The van der Waals surface area contributed by atoms with E-state index in [1.54, 1.807) is 0 Å². The van der Waals surface area contributed by atoms with E-state index in [0.29, 0.717) is 11.6 Å². The summed E-state index contributed by atoms with van der Waals surface area (Å²) in [5.41, 5.74) is 3.41. The number of fused-ring (bicyclic) bond motifs is 1. The summed E-state index contributed by atoms with van der Waals surface area (Å²) < 4.78 is 10.8. The van der Waals surface area contributed by atoms with E-state index in [0.717, 1.165) is 22.0 Å². The van der Waals surface area contributed by atoms with Gasteiger partial charge in [0.2, 0.25) is 5.89 Å². The minimum atomic E-state index is -0.297. The smallest absolute Gasteiger partial charge is 0.310 e. The molecule has 5 heteroatoms. The van der Waals surface area contributed by atoms with Crippen molar-refractivity contribution in [2.75, 3.05) is 0 Å². The summed E-state index contributed by atoms with van der Waals surface area (Å²) >= 11 is 0. The van der Waals surface area contributed by atoms with Gasteiger partial charge in [0, 0.05) is 22.7 Å². The van der Waals surface area contributed by atoms with E-state index < -0.39 is 0 Å². The highest BCUT2D eigenvalue weighted by Gasteiger charge is 2.12. The average Bonchev–Trinajstić information content (AvgIpc) is 3.28. The van der Waals surface area contributed by atoms with Crippen LogP contribution in [0, 0.1) is 0 Å². The van der Waals surface area contributed by atoms with E-state index >= 15 is 0 Å². The quantitative estimate of drug-likeness (QED) is 0.559. The number of hydrogen-bond donors (Lipinski definition) is 1. The maximum atomic E-state index is 12.1. The van der Waals surface area contributed by atoms with Crippen molar-refractivity contribution in [3.8, 4) is 11.5 Å². The van der Waals surface area contributed by atoms with Crippen LogP contribution in [-0.4, -0.2) is 15.9 Å². The van der Waals surface area contributed by atoms with Gasteiger partial charge in [0.1, 0.15) is 18.6 Å². The maximum Gasteiger partial charge on any atom is 0.310 e. The molecule has 0 amide bonds. The van der Waals surface area contributed by atoms with Gasteiger partial charge in [-0.25, -0.2) is 4.98 Å². The van der Waals surface area contributed by atoms with Crippen LogP contribution in [0.2, 0.25) is 0 Å². The molecule has 0 saturated carbocycles. The number of rotatable bonds is 5. The van der Waals surface area contributed by atoms with Gasteiger partial charge in [-0.2, -0.15) is 0 Å². The standard InChI is InChI=1S/C20H16N2O3/c23-19(10-15-11-21-18-9-5-4-8-17(15)18)24-12-16-13-25-20(22-16)14-6-2-1-3-7-14/h1-9,11,13,21H,10,12H2. The summed E-state index contributed by atoms with van der Waals surface area (Å²) in [6.07, 6.45) is 3.57. The zero-order valence-electron chi connectivity index (χ0n) is 13.4. The molecular formula is C20H16N2O3. The van der Waals surface area contributed by atoms with Crippen molar-refractivity contribution in [2.45, 2.75) is 13.0 Å². The molecule has 2 aromatic carbocycles. The molecule has 0 fully saturated rings.